The van der Waals surface area contributed by atoms with E-state index >= 15 is 0 Å². The number of benzene rings is 1. The molecule has 0 aromatic heterocycles. The lowest BCUT2D eigenvalue weighted by Gasteiger charge is -2.42. The monoisotopic (exact) mass is 389 g/mol. The Morgan fingerprint density at radius 2 is 1.79 bits per heavy atom. The number of amides is 2. The van der Waals surface area contributed by atoms with Gasteiger partial charge in [0.05, 0.1) is 12.1 Å². The zero-order chi connectivity index (χ0) is 20.1. The van der Waals surface area contributed by atoms with Gasteiger partial charge in [0.15, 0.2) is 0 Å². The summed E-state index contributed by atoms with van der Waals surface area (Å²) < 4.78 is 13.3. The van der Waals surface area contributed by atoms with Crippen molar-refractivity contribution in [1.82, 2.24) is 15.5 Å². The molecule has 1 aliphatic carbocycles. The van der Waals surface area contributed by atoms with Crippen molar-refractivity contribution in [2.45, 2.75) is 64.0 Å². The molecule has 1 heterocycles. The van der Waals surface area contributed by atoms with Gasteiger partial charge in [-0.15, -0.1) is 0 Å². The van der Waals surface area contributed by atoms with E-state index in [1.165, 1.54) is 38.3 Å². The van der Waals surface area contributed by atoms with Crippen molar-refractivity contribution in [2.24, 2.45) is 5.92 Å². The molecule has 2 fully saturated rings. The molecule has 1 aromatic carbocycles. The third-order valence-electron chi connectivity index (χ3n) is 6.35. The zero-order valence-electron chi connectivity index (χ0n) is 17.0. The van der Waals surface area contributed by atoms with Crippen molar-refractivity contribution < 1.29 is 14.0 Å². The molecule has 0 bridgehead atoms. The van der Waals surface area contributed by atoms with Crippen LogP contribution in [-0.2, 0) is 15.1 Å². The molecule has 0 spiro atoms. The lowest BCUT2D eigenvalue weighted by atomic mass is 9.80. The summed E-state index contributed by atoms with van der Waals surface area (Å²) in [6.45, 7) is 5.55. The smallest absolute Gasteiger partial charge is 0.234 e. The summed E-state index contributed by atoms with van der Waals surface area (Å²) in [6.07, 6.45) is 6.11. The second-order valence-corrected chi connectivity index (χ2v) is 8.48. The Bertz CT molecular complexity index is 684. The maximum Gasteiger partial charge on any atom is 0.234 e. The van der Waals surface area contributed by atoms with Gasteiger partial charge in [0, 0.05) is 26.1 Å². The largest absolute Gasteiger partial charge is 0.352 e. The molecule has 0 unspecified atom stereocenters. The average molecular weight is 390 g/mol. The molecular formula is C22H32FN3O2. The van der Waals surface area contributed by atoms with Crippen molar-refractivity contribution in [2.75, 3.05) is 19.6 Å². The standard InChI is InChI=1S/C22H32FN3O2/c1-16-5-3-4-6-20(16)24-21(28)15-26-13-11-22(12-14-26,25-17(2)27)18-7-9-19(23)10-8-18/h7-10,16,20H,3-6,11-15H2,1-2H3,(H,24,28)(H,25,27)/t16-,20-/m1/s1. The highest BCUT2D eigenvalue weighted by atomic mass is 19.1. The maximum atomic E-state index is 13.3. The first kappa shape index (κ1) is 20.8. The highest BCUT2D eigenvalue weighted by Gasteiger charge is 2.37. The van der Waals surface area contributed by atoms with E-state index in [0.717, 1.165) is 12.0 Å². The fraction of sp³-hybridized carbons (Fsp3) is 0.636. The molecular weight excluding hydrogens is 357 g/mol. The van der Waals surface area contributed by atoms with Crippen LogP contribution in [0.5, 0.6) is 0 Å². The molecule has 1 aromatic rings. The minimum absolute atomic E-state index is 0.0903. The fourth-order valence-electron chi connectivity index (χ4n) is 4.67. The molecule has 0 radical (unpaired) electrons. The van der Waals surface area contributed by atoms with Crippen LogP contribution < -0.4 is 10.6 Å². The number of hydrogen-bond acceptors (Lipinski definition) is 3. The Labute approximate surface area is 167 Å². The Morgan fingerprint density at radius 3 is 2.39 bits per heavy atom. The molecule has 154 valence electrons. The number of likely N-dealkylation sites (tertiary alicyclic amines) is 1. The van der Waals surface area contributed by atoms with Crippen molar-refractivity contribution >= 4 is 11.8 Å². The fourth-order valence-corrected chi connectivity index (χ4v) is 4.67. The van der Waals surface area contributed by atoms with Gasteiger partial charge in [-0.05, 0) is 49.3 Å². The number of nitrogens with one attached hydrogen (secondary N) is 2. The van der Waals surface area contributed by atoms with Crippen LogP contribution in [0.25, 0.3) is 0 Å². The molecule has 3 rings (SSSR count). The second kappa shape index (κ2) is 9.03. The van der Waals surface area contributed by atoms with Crippen LogP contribution in [-0.4, -0.2) is 42.4 Å². The summed E-state index contributed by atoms with van der Waals surface area (Å²) in [4.78, 5) is 26.5. The molecule has 2 aliphatic rings. The number of piperidine rings is 1. The van der Waals surface area contributed by atoms with Gasteiger partial charge in [-0.25, -0.2) is 4.39 Å². The SMILES string of the molecule is CC(=O)NC1(c2ccc(F)cc2)CCN(CC(=O)N[C@@H]2CCCC[C@H]2C)CC1. The molecule has 2 N–H and O–H groups in total. The molecule has 6 heteroatoms. The first-order valence-corrected chi connectivity index (χ1v) is 10.4. The molecule has 1 aliphatic heterocycles. The van der Waals surface area contributed by atoms with E-state index in [1.54, 1.807) is 12.1 Å². The van der Waals surface area contributed by atoms with Crippen LogP contribution in [0.2, 0.25) is 0 Å². The first-order valence-electron chi connectivity index (χ1n) is 10.4. The highest BCUT2D eigenvalue weighted by molar-refractivity contribution is 5.78. The van der Waals surface area contributed by atoms with E-state index in [1.807, 2.05) is 0 Å². The van der Waals surface area contributed by atoms with Gasteiger partial charge in [0.2, 0.25) is 11.8 Å². The average Bonchev–Trinajstić information content (AvgIpc) is 2.65. The number of rotatable bonds is 5. The highest BCUT2D eigenvalue weighted by Crippen LogP contribution is 2.33. The summed E-state index contributed by atoms with van der Waals surface area (Å²) in [6, 6.07) is 6.66. The lowest BCUT2D eigenvalue weighted by molar-refractivity contribution is -0.125. The molecule has 5 nitrogen and oxygen atoms in total. The Kier molecular flexibility index (Phi) is 6.70. The Morgan fingerprint density at radius 1 is 1.14 bits per heavy atom. The Balaban J connectivity index is 1.58. The van der Waals surface area contributed by atoms with Crippen LogP contribution in [0.1, 0.15) is 57.9 Å². The normalized spacial score (nSPS) is 25.1. The van der Waals surface area contributed by atoms with Gasteiger partial charge in [0.1, 0.15) is 5.82 Å². The molecule has 28 heavy (non-hydrogen) atoms. The van der Waals surface area contributed by atoms with Gasteiger partial charge >= 0.3 is 0 Å². The number of halogens is 1. The molecule has 2 amide bonds. The summed E-state index contributed by atoms with van der Waals surface area (Å²) in [5.74, 6) is 0.257. The minimum atomic E-state index is -0.496. The minimum Gasteiger partial charge on any atom is -0.352 e. The van der Waals surface area contributed by atoms with Gasteiger partial charge in [-0.2, -0.15) is 0 Å². The van der Waals surface area contributed by atoms with Gasteiger partial charge in [-0.3, -0.25) is 14.5 Å². The summed E-state index contributed by atoms with van der Waals surface area (Å²) in [7, 11) is 0. The lowest BCUT2D eigenvalue weighted by Crippen LogP contribution is -2.54. The predicted molar refractivity (Wildman–Crippen MR) is 107 cm³/mol. The predicted octanol–water partition coefficient (Wildman–Crippen LogP) is 2.95. The van der Waals surface area contributed by atoms with E-state index in [-0.39, 0.29) is 17.6 Å². The maximum absolute atomic E-state index is 13.3. The number of hydrogen-bond donors (Lipinski definition) is 2. The van der Waals surface area contributed by atoms with E-state index in [2.05, 4.69) is 22.5 Å². The first-order chi connectivity index (χ1) is 13.4. The number of carbonyl (C=O) groups is 2. The van der Waals surface area contributed by atoms with Crippen molar-refractivity contribution in [3.8, 4) is 0 Å². The molecule has 2 atom stereocenters. The van der Waals surface area contributed by atoms with E-state index in [0.29, 0.717) is 44.4 Å². The van der Waals surface area contributed by atoms with Crippen LogP contribution in [0.15, 0.2) is 24.3 Å². The summed E-state index contributed by atoms with van der Waals surface area (Å²) in [5.41, 5.74) is 0.425. The quantitative estimate of drug-likeness (QED) is 0.814. The van der Waals surface area contributed by atoms with Gasteiger partial charge in [0.25, 0.3) is 0 Å². The van der Waals surface area contributed by atoms with Gasteiger partial charge in [-0.1, -0.05) is 31.9 Å². The van der Waals surface area contributed by atoms with Crippen LogP contribution in [0, 0.1) is 11.7 Å². The van der Waals surface area contributed by atoms with E-state index < -0.39 is 5.54 Å². The Hall–Kier alpha value is -1.95. The molecule has 1 saturated carbocycles. The molecule has 1 saturated heterocycles. The van der Waals surface area contributed by atoms with E-state index in [9.17, 15) is 14.0 Å². The van der Waals surface area contributed by atoms with Crippen LogP contribution in [0.3, 0.4) is 0 Å². The number of nitrogens with zero attached hydrogens (tertiary/aromatic N) is 1. The number of carbonyl (C=O) groups excluding carboxylic acids is 2. The summed E-state index contributed by atoms with van der Waals surface area (Å²) >= 11 is 0. The van der Waals surface area contributed by atoms with Gasteiger partial charge < -0.3 is 10.6 Å². The van der Waals surface area contributed by atoms with E-state index in [4.69, 9.17) is 0 Å². The topological polar surface area (TPSA) is 61.4 Å². The van der Waals surface area contributed by atoms with Crippen molar-refractivity contribution in [1.29, 1.82) is 0 Å². The van der Waals surface area contributed by atoms with Crippen molar-refractivity contribution in [3.63, 3.8) is 0 Å². The third-order valence-corrected chi connectivity index (χ3v) is 6.35. The second-order valence-electron chi connectivity index (χ2n) is 8.48. The van der Waals surface area contributed by atoms with Crippen LogP contribution in [0.4, 0.5) is 4.39 Å². The zero-order valence-corrected chi connectivity index (χ0v) is 17.0. The van der Waals surface area contributed by atoms with Crippen molar-refractivity contribution in [3.05, 3.63) is 35.6 Å². The third kappa shape index (κ3) is 5.10. The summed E-state index contributed by atoms with van der Waals surface area (Å²) in [5, 5.41) is 6.30. The van der Waals surface area contributed by atoms with Crippen LogP contribution >= 0.6 is 0 Å².